The maximum atomic E-state index is 14.3. The van der Waals surface area contributed by atoms with Crippen LogP contribution in [0.15, 0.2) is 18.2 Å². The molecule has 1 aromatic rings. The molecule has 0 radical (unpaired) electrons. The third-order valence-electron chi connectivity index (χ3n) is 4.97. The lowest BCUT2D eigenvalue weighted by Gasteiger charge is -2.40. The summed E-state index contributed by atoms with van der Waals surface area (Å²) in [6, 6.07) is 5.65. The van der Waals surface area contributed by atoms with Crippen LogP contribution in [0.3, 0.4) is 0 Å². The molecule has 1 heterocycles. The number of hydrogen-bond donors (Lipinski definition) is 0. The van der Waals surface area contributed by atoms with Crippen LogP contribution in [0.2, 0.25) is 0 Å². The van der Waals surface area contributed by atoms with E-state index in [1.807, 2.05) is 19.1 Å². The van der Waals surface area contributed by atoms with E-state index in [1.165, 1.54) is 0 Å². The van der Waals surface area contributed by atoms with Gasteiger partial charge in [0.15, 0.2) is 0 Å². The molecule has 1 fully saturated rings. The molecule has 1 saturated carbocycles. The van der Waals surface area contributed by atoms with E-state index < -0.39 is 12.0 Å². The van der Waals surface area contributed by atoms with Gasteiger partial charge < -0.3 is 4.74 Å². The molecule has 1 aromatic carbocycles. The average molecular weight is 280 g/mol. The summed E-state index contributed by atoms with van der Waals surface area (Å²) in [6.07, 6.45) is 1.38. The number of benzene rings is 1. The molecule has 0 amide bonds. The number of ether oxygens (including phenoxy) is 1. The maximum absolute atomic E-state index is 14.3. The molecule has 1 atom stereocenters. The highest BCUT2D eigenvalue weighted by Crippen LogP contribution is 2.47. The standard InChI is InChI=1S/C17H22F2O/c1-11-3-6-13(7-4-11)15-10-14-8-5-12(2)9-16(14)20-17(15,18)19/h5,8-9,11,13,15H,3-4,6-7,10H2,1-2H3. The highest BCUT2D eigenvalue weighted by molar-refractivity contribution is 5.39. The first-order valence-corrected chi connectivity index (χ1v) is 7.62. The summed E-state index contributed by atoms with van der Waals surface area (Å²) in [5.41, 5.74) is 1.90. The van der Waals surface area contributed by atoms with Crippen LogP contribution in [0.25, 0.3) is 0 Å². The zero-order valence-electron chi connectivity index (χ0n) is 12.2. The Bertz CT molecular complexity index is 490. The Balaban J connectivity index is 1.83. The zero-order valence-corrected chi connectivity index (χ0v) is 12.2. The van der Waals surface area contributed by atoms with E-state index in [4.69, 9.17) is 4.74 Å². The van der Waals surface area contributed by atoms with Crippen LogP contribution in [-0.2, 0) is 6.42 Å². The van der Waals surface area contributed by atoms with E-state index in [0.29, 0.717) is 18.1 Å². The second-order valence-corrected chi connectivity index (χ2v) is 6.61. The maximum Gasteiger partial charge on any atom is 0.401 e. The summed E-state index contributed by atoms with van der Waals surface area (Å²) in [6.45, 7) is 4.11. The van der Waals surface area contributed by atoms with Gasteiger partial charge in [-0.3, -0.25) is 0 Å². The van der Waals surface area contributed by atoms with Gasteiger partial charge in [0.2, 0.25) is 0 Å². The fraction of sp³-hybridized carbons (Fsp3) is 0.647. The smallest absolute Gasteiger partial charge is 0.401 e. The summed E-state index contributed by atoms with van der Waals surface area (Å²) < 4.78 is 33.7. The van der Waals surface area contributed by atoms with Crippen LogP contribution in [0.4, 0.5) is 8.78 Å². The SMILES string of the molecule is Cc1ccc2c(c1)OC(F)(F)C(C1CCC(C)CC1)C2. The minimum atomic E-state index is -3.02. The third kappa shape index (κ3) is 2.55. The highest BCUT2D eigenvalue weighted by Gasteiger charge is 2.50. The molecule has 0 spiro atoms. The second-order valence-electron chi connectivity index (χ2n) is 6.61. The molecule has 3 rings (SSSR count). The first-order valence-electron chi connectivity index (χ1n) is 7.62. The molecule has 110 valence electrons. The van der Waals surface area contributed by atoms with Crippen molar-refractivity contribution in [2.24, 2.45) is 17.8 Å². The van der Waals surface area contributed by atoms with Crippen molar-refractivity contribution >= 4 is 0 Å². The van der Waals surface area contributed by atoms with E-state index in [9.17, 15) is 8.78 Å². The summed E-state index contributed by atoms with van der Waals surface area (Å²) in [7, 11) is 0. The van der Waals surface area contributed by atoms with Gasteiger partial charge >= 0.3 is 6.11 Å². The minimum absolute atomic E-state index is 0.0932. The fourth-order valence-electron chi connectivity index (χ4n) is 3.63. The van der Waals surface area contributed by atoms with Crippen LogP contribution in [0.1, 0.15) is 43.7 Å². The van der Waals surface area contributed by atoms with Gasteiger partial charge in [-0.2, -0.15) is 8.78 Å². The largest absolute Gasteiger partial charge is 0.432 e. The molecule has 1 aliphatic carbocycles. The van der Waals surface area contributed by atoms with Gasteiger partial charge in [-0.1, -0.05) is 31.9 Å². The number of fused-ring (bicyclic) bond motifs is 1. The molecule has 0 saturated heterocycles. The Morgan fingerprint density at radius 3 is 2.55 bits per heavy atom. The quantitative estimate of drug-likeness (QED) is 0.706. The number of rotatable bonds is 1. The fourth-order valence-corrected chi connectivity index (χ4v) is 3.63. The Morgan fingerprint density at radius 1 is 1.15 bits per heavy atom. The second kappa shape index (κ2) is 5.01. The van der Waals surface area contributed by atoms with E-state index in [0.717, 1.165) is 36.8 Å². The zero-order chi connectivity index (χ0) is 14.3. The molecule has 20 heavy (non-hydrogen) atoms. The van der Waals surface area contributed by atoms with Crippen molar-refractivity contribution in [2.45, 2.75) is 52.1 Å². The van der Waals surface area contributed by atoms with Crippen molar-refractivity contribution in [3.63, 3.8) is 0 Å². The highest BCUT2D eigenvalue weighted by atomic mass is 19.3. The van der Waals surface area contributed by atoms with Crippen molar-refractivity contribution in [1.82, 2.24) is 0 Å². The minimum Gasteiger partial charge on any atom is -0.432 e. The topological polar surface area (TPSA) is 9.23 Å². The lowest BCUT2D eigenvalue weighted by Crippen LogP contribution is -2.44. The molecular formula is C17H22F2O. The predicted octanol–water partition coefficient (Wildman–Crippen LogP) is 4.97. The van der Waals surface area contributed by atoms with Gasteiger partial charge in [0.25, 0.3) is 0 Å². The Hall–Kier alpha value is -1.12. The van der Waals surface area contributed by atoms with Crippen LogP contribution in [-0.4, -0.2) is 6.11 Å². The summed E-state index contributed by atoms with van der Waals surface area (Å²) in [5.74, 6) is 0.482. The third-order valence-corrected chi connectivity index (χ3v) is 4.97. The van der Waals surface area contributed by atoms with Crippen molar-refractivity contribution in [3.8, 4) is 5.75 Å². The van der Waals surface area contributed by atoms with Gasteiger partial charge in [-0.05, 0) is 55.2 Å². The molecule has 0 N–H and O–H groups in total. The van der Waals surface area contributed by atoms with Gasteiger partial charge in [-0.15, -0.1) is 0 Å². The Kier molecular flexibility index (Phi) is 3.47. The van der Waals surface area contributed by atoms with Crippen molar-refractivity contribution in [1.29, 1.82) is 0 Å². The average Bonchev–Trinajstić information content (AvgIpc) is 2.38. The molecular weight excluding hydrogens is 258 g/mol. The number of halogens is 2. The van der Waals surface area contributed by atoms with Crippen LogP contribution < -0.4 is 4.74 Å². The molecule has 1 aliphatic heterocycles. The molecule has 1 unspecified atom stereocenters. The van der Waals surface area contributed by atoms with Crippen LogP contribution in [0, 0.1) is 24.7 Å². The monoisotopic (exact) mass is 280 g/mol. The van der Waals surface area contributed by atoms with Crippen molar-refractivity contribution in [3.05, 3.63) is 29.3 Å². The molecule has 3 heteroatoms. The lowest BCUT2D eigenvalue weighted by molar-refractivity contribution is -0.238. The first-order chi connectivity index (χ1) is 9.45. The first kappa shape index (κ1) is 13.8. The van der Waals surface area contributed by atoms with E-state index in [1.54, 1.807) is 6.07 Å². The summed E-state index contributed by atoms with van der Waals surface area (Å²) in [4.78, 5) is 0. The number of aryl methyl sites for hydroxylation is 1. The Morgan fingerprint density at radius 2 is 1.85 bits per heavy atom. The normalized spacial score (nSPS) is 32.3. The van der Waals surface area contributed by atoms with Crippen molar-refractivity contribution in [2.75, 3.05) is 0 Å². The Labute approximate surface area is 119 Å². The van der Waals surface area contributed by atoms with Crippen LogP contribution in [0.5, 0.6) is 5.75 Å². The lowest BCUT2D eigenvalue weighted by atomic mass is 9.73. The molecule has 2 aliphatic rings. The van der Waals surface area contributed by atoms with Crippen LogP contribution >= 0.6 is 0 Å². The van der Waals surface area contributed by atoms with Gasteiger partial charge in [0, 0.05) is 0 Å². The number of alkyl halides is 2. The molecule has 0 bridgehead atoms. The van der Waals surface area contributed by atoms with Gasteiger partial charge in [0.1, 0.15) is 5.75 Å². The van der Waals surface area contributed by atoms with E-state index in [-0.39, 0.29) is 5.92 Å². The van der Waals surface area contributed by atoms with Crippen molar-refractivity contribution < 1.29 is 13.5 Å². The predicted molar refractivity (Wildman–Crippen MR) is 75.1 cm³/mol. The molecule has 1 nitrogen and oxygen atoms in total. The van der Waals surface area contributed by atoms with E-state index in [2.05, 4.69) is 6.92 Å². The molecule has 0 aromatic heterocycles. The number of hydrogen-bond acceptors (Lipinski definition) is 1. The summed E-state index contributed by atoms with van der Waals surface area (Å²) in [5, 5.41) is 0. The van der Waals surface area contributed by atoms with E-state index >= 15 is 0 Å². The summed E-state index contributed by atoms with van der Waals surface area (Å²) >= 11 is 0. The van der Waals surface area contributed by atoms with Gasteiger partial charge in [0.05, 0.1) is 5.92 Å². The van der Waals surface area contributed by atoms with Gasteiger partial charge in [-0.25, -0.2) is 0 Å².